The topological polar surface area (TPSA) is 38.0 Å². The van der Waals surface area contributed by atoms with Crippen molar-refractivity contribution in [2.45, 2.75) is 122 Å². The molecule has 26 heavy (non-hydrogen) atoms. The van der Waals surface area contributed by atoms with Gasteiger partial charge in [0.05, 0.1) is 0 Å². The van der Waals surface area contributed by atoms with Crippen molar-refractivity contribution in [3.05, 3.63) is 12.2 Å². The van der Waals surface area contributed by atoms with Crippen molar-refractivity contribution in [2.75, 3.05) is 19.6 Å². The summed E-state index contributed by atoms with van der Waals surface area (Å²) >= 11 is 0. The summed E-state index contributed by atoms with van der Waals surface area (Å²) in [6.07, 6.45) is 30.1. The smallest absolute Gasteiger partial charge is 0.0135 e. The van der Waals surface area contributed by atoms with Crippen LogP contribution in [0.1, 0.15) is 122 Å². The van der Waals surface area contributed by atoms with Gasteiger partial charge in [0.25, 0.3) is 0 Å². The van der Waals surface area contributed by atoms with E-state index in [9.17, 15) is 0 Å². The van der Waals surface area contributed by atoms with Gasteiger partial charge in [0, 0.05) is 13.1 Å². The van der Waals surface area contributed by atoms with Crippen LogP contribution < -0.4 is 11.1 Å². The molecule has 0 aromatic heterocycles. The molecule has 0 saturated carbocycles. The molecule has 0 aliphatic rings. The molecule has 0 radical (unpaired) electrons. The van der Waals surface area contributed by atoms with Crippen LogP contribution in [0.25, 0.3) is 0 Å². The average molecular weight is 367 g/mol. The van der Waals surface area contributed by atoms with Crippen molar-refractivity contribution in [3.8, 4) is 0 Å². The quantitative estimate of drug-likeness (QED) is 0.158. The Morgan fingerprint density at radius 1 is 0.538 bits per heavy atom. The highest BCUT2D eigenvalue weighted by Crippen LogP contribution is 2.14. The first kappa shape index (κ1) is 25.7. The Kier molecular flexibility index (Phi) is 24.3. The highest BCUT2D eigenvalue weighted by molar-refractivity contribution is 4.84. The zero-order chi connectivity index (χ0) is 19.0. The van der Waals surface area contributed by atoms with E-state index in [4.69, 9.17) is 5.73 Å². The van der Waals surface area contributed by atoms with Crippen LogP contribution in [0.15, 0.2) is 12.2 Å². The minimum atomic E-state index is 0.654. The van der Waals surface area contributed by atoms with Crippen LogP contribution in [0.2, 0.25) is 0 Å². The van der Waals surface area contributed by atoms with Crippen LogP contribution in [0.5, 0.6) is 0 Å². The molecule has 0 saturated heterocycles. The van der Waals surface area contributed by atoms with Gasteiger partial charge in [0.1, 0.15) is 0 Å². The third-order valence-electron chi connectivity index (χ3n) is 5.27. The predicted octanol–water partition coefficient (Wildman–Crippen LogP) is 7.13. The zero-order valence-corrected chi connectivity index (χ0v) is 18.1. The molecule has 3 N–H and O–H groups in total. The lowest BCUT2D eigenvalue weighted by Crippen LogP contribution is -2.15. The van der Waals surface area contributed by atoms with E-state index in [1.165, 1.54) is 116 Å². The number of nitrogens with one attached hydrogen (secondary N) is 1. The molecule has 0 spiro atoms. The van der Waals surface area contributed by atoms with Crippen LogP contribution in [0.4, 0.5) is 0 Å². The molecule has 0 fully saturated rings. The van der Waals surface area contributed by atoms with Crippen molar-refractivity contribution < 1.29 is 0 Å². The molecule has 0 bridgehead atoms. The molecule has 0 rings (SSSR count). The normalized spacial score (nSPS) is 11.6. The third kappa shape index (κ3) is 23.7. The van der Waals surface area contributed by atoms with Gasteiger partial charge in [-0.15, -0.1) is 0 Å². The number of unbranched alkanes of at least 4 members (excludes halogenated alkanes) is 17. The van der Waals surface area contributed by atoms with Crippen LogP contribution in [0.3, 0.4) is 0 Å². The Morgan fingerprint density at radius 2 is 0.923 bits per heavy atom. The molecule has 2 nitrogen and oxygen atoms in total. The highest BCUT2D eigenvalue weighted by Gasteiger charge is 1.95. The summed E-state index contributed by atoms with van der Waals surface area (Å²) < 4.78 is 0. The van der Waals surface area contributed by atoms with E-state index in [0.29, 0.717) is 6.54 Å². The van der Waals surface area contributed by atoms with E-state index < -0.39 is 0 Å². The van der Waals surface area contributed by atoms with Crippen molar-refractivity contribution in [3.63, 3.8) is 0 Å². The number of nitrogens with two attached hydrogens (primary N) is 1. The van der Waals surface area contributed by atoms with Gasteiger partial charge in [-0.3, -0.25) is 0 Å². The van der Waals surface area contributed by atoms with Gasteiger partial charge in [-0.2, -0.15) is 0 Å². The van der Waals surface area contributed by atoms with E-state index in [-0.39, 0.29) is 0 Å². The molecule has 0 aliphatic carbocycles. The summed E-state index contributed by atoms with van der Waals surface area (Å²) in [5, 5.41) is 3.43. The van der Waals surface area contributed by atoms with Gasteiger partial charge >= 0.3 is 0 Å². The molecule has 0 unspecified atom stereocenters. The first-order chi connectivity index (χ1) is 12.9. The largest absolute Gasteiger partial charge is 0.327 e. The van der Waals surface area contributed by atoms with Crippen molar-refractivity contribution >= 4 is 0 Å². The fourth-order valence-corrected chi connectivity index (χ4v) is 3.52. The van der Waals surface area contributed by atoms with Crippen molar-refractivity contribution in [2.24, 2.45) is 5.73 Å². The van der Waals surface area contributed by atoms with Crippen molar-refractivity contribution in [1.82, 2.24) is 5.32 Å². The molecule has 0 aromatic rings. The number of hydrogen-bond acceptors (Lipinski definition) is 2. The van der Waals surface area contributed by atoms with E-state index in [1.807, 2.05) is 6.08 Å². The number of rotatable bonds is 22. The summed E-state index contributed by atoms with van der Waals surface area (Å²) in [5.41, 5.74) is 5.40. The van der Waals surface area contributed by atoms with E-state index in [1.54, 1.807) is 0 Å². The average Bonchev–Trinajstić information content (AvgIpc) is 2.66. The molecule has 0 amide bonds. The van der Waals surface area contributed by atoms with Crippen LogP contribution in [-0.4, -0.2) is 19.6 Å². The van der Waals surface area contributed by atoms with Gasteiger partial charge < -0.3 is 11.1 Å². The summed E-state index contributed by atoms with van der Waals surface area (Å²) in [7, 11) is 0. The number of hydrogen-bond donors (Lipinski definition) is 2. The molecule has 0 heterocycles. The molecule has 0 atom stereocenters. The fourth-order valence-electron chi connectivity index (χ4n) is 3.52. The Labute approximate surface area is 165 Å². The Hall–Kier alpha value is -0.340. The van der Waals surface area contributed by atoms with Crippen LogP contribution >= 0.6 is 0 Å². The van der Waals surface area contributed by atoms with Crippen LogP contribution in [0, 0.1) is 0 Å². The zero-order valence-electron chi connectivity index (χ0n) is 18.1. The Balaban J connectivity index is 2.98. The van der Waals surface area contributed by atoms with E-state index in [2.05, 4.69) is 18.3 Å². The van der Waals surface area contributed by atoms with Gasteiger partial charge in [-0.05, 0) is 13.0 Å². The van der Waals surface area contributed by atoms with E-state index >= 15 is 0 Å². The molecular formula is C24H50N2. The lowest BCUT2D eigenvalue weighted by Gasteiger charge is -2.04. The van der Waals surface area contributed by atoms with E-state index in [0.717, 1.165) is 13.1 Å². The minimum absolute atomic E-state index is 0.654. The van der Waals surface area contributed by atoms with Crippen LogP contribution in [-0.2, 0) is 0 Å². The maximum atomic E-state index is 5.40. The van der Waals surface area contributed by atoms with Gasteiger partial charge in [-0.25, -0.2) is 0 Å². The summed E-state index contributed by atoms with van der Waals surface area (Å²) in [6.45, 7) is 5.06. The van der Waals surface area contributed by atoms with Gasteiger partial charge in [0.15, 0.2) is 0 Å². The standard InChI is InChI=1S/C24H50N2/c1-2-3-4-5-6-7-8-9-10-11-12-13-14-15-16-17-18-20-23-26-24-21-19-22-25/h19,21,26H,2-18,20,22-25H2,1H3. The lowest BCUT2D eigenvalue weighted by molar-refractivity contribution is 0.523. The maximum Gasteiger partial charge on any atom is 0.0135 e. The molecule has 0 aromatic carbocycles. The van der Waals surface area contributed by atoms with Crippen molar-refractivity contribution in [1.29, 1.82) is 0 Å². The lowest BCUT2D eigenvalue weighted by atomic mass is 10.0. The van der Waals surface area contributed by atoms with Gasteiger partial charge in [-0.1, -0.05) is 128 Å². The molecule has 0 aliphatic heterocycles. The molecule has 156 valence electrons. The first-order valence-electron chi connectivity index (χ1n) is 12.0. The highest BCUT2D eigenvalue weighted by atomic mass is 14.8. The SMILES string of the molecule is CCCCCCCCCCCCCCCCCCCCNCC=CCN. The summed E-state index contributed by atoms with van der Waals surface area (Å²) in [4.78, 5) is 0. The monoisotopic (exact) mass is 366 g/mol. The third-order valence-corrected chi connectivity index (χ3v) is 5.27. The minimum Gasteiger partial charge on any atom is -0.327 e. The Morgan fingerprint density at radius 3 is 1.31 bits per heavy atom. The van der Waals surface area contributed by atoms with Gasteiger partial charge in [0.2, 0.25) is 0 Å². The molecule has 2 heteroatoms. The molecular weight excluding hydrogens is 316 g/mol. The second-order valence-corrected chi connectivity index (χ2v) is 7.92. The first-order valence-corrected chi connectivity index (χ1v) is 12.0. The maximum absolute atomic E-state index is 5.40. The summed E-state index contributed by atoms with van der Waals surface area (Å²) in [6, 6.07) is 0. The summed E-state index contributed by atoms with van der Waals surface area (Å²) in [5.74, 6) is 0. The predicted molar refractivity (Wildman–Crippen MR) is 120 cm³/mol. The Bertz CT molecular complexity index is 263. The fraction of sp³-hybridized carbons (Fsp3) is 0.917. The second kappa shape index (κ2) is 24.7. The second-order valence-electron chi connectivity index (χ2n) is 7.92.